The van der Waals surface area contributed by atoms with Gasteiger partial charge in [0, 0.05) is 25.3 Å². The summed E-state index contributed by atoms with van der Waals surface area (Å²) in [5.74, 6) is 2.41. The van der Waals surface area contributed by atoms with Crippen molar-refractivity contribution in [2.24, 2.45) is 23.5 Å². The molecule has 2 fully saturated rings. The standard InChI is InChI=1S/C17H23N3O/c1-20-9-13-8-12(4-5-15(13)19-17(20)21)16(18)14-7-10-2-3-11(14)6-10/h4-5,8,10-11,14,16H,2-3,6-7,9,18H2,1H3,(H,19,21). The van der Waals surface area contributed by atoms with Crippen LogP contribution in [0.3, 0.4) is 0 Å². The monoisotopic (exact) mass is 285 g/mol. The molecule has 3 N–H and O–H groups in total. The molecule has 1 aromatic rings. The molecule has 21 heavy (non-hydrogen) atoms. The van der Waals surface area contributed by atoms with E-state index >= 15 is 0 Å². The first-order chi connectivity index (χ1) is 10.1. The van der Waals surface area contributed by atoms with Gasteiger partial charge in [-0.15, -0.1) is 0 Å². The zero-order chi connectivity index (χ0) is 14.6. The van der Waals surface area contributed by atoms with Crippen LogP contribution in [0.2, 0.25) is 0 Å². The number of nitrogens with zero attached hydrogens (tertiary/aromatic N) is 1. The number of hydrogen-bond acceptors (Lipinski definition) is 2. The number of benzene rings is 1. The zero-order valence-corrected chi connectivity index (χ0v) is 12.5. The van der Waals surface area contributed by atoms with Gasteiger partial charge >= 0.3 is 6.03 Å². The lowest BCUT2D eigenvalue weighted by atomic mass is 9.80. The third-order valence-corrected chi connectivity index (χ3v) is 5.76. The van der Waals surface area contributed by atoms with Crippen LogP contribution in [0.5, 0.6) is 0 Å². The molecule has 1 aliphatic heterocycles. The Balaban J connectivity index is 1.58. The number of urea groups is 1. The largest absolute Gasteiger partial charge is 0.324 e. The van der Waals surface area contributed by atoms with E-state index in [1.165, 1.54) is 36.8 Å². The molecule has 0 spiro atoms. The second-order valence-electron chi connectivity index (χ2n) is 7.07. The first-order valence-electron chi connectivity index (χ1n) is 8.02. The number of fused-ring (bicyclic) bond motifs is 3. The Kier molecular flexibility index (Phi) is 2.96. The normalized spacial score (nSPS) is 32.0. The highest BCUT2D eigenvalue weighted by Crippen LogP contribution is 2.52. The summed E-state index contributed by atoms with van der Waals surface area (Å²) >= 11 is 0. The van der Waals surface area contributed by atoms with E-state index in [9.17, 15) is 4.79 Å². The molecule has 0 saturated heterocycles. The molecule has 0 aromatic heterocycles. The van der Waals surface area contributed by atoms with Crippen LogP contribution in [0.1, 0.15) is 42.9 Å². The van der Waals surface area contributed by atoms with Crippen LogP contribution in [-0.2, 0) is 6.54 Å². The van der Waals surface area contributed by atoms with Gasteiger partial charge in [0.2, 0.25) is 0 Å². The van der Waals surface area contributed by atoms with Gasteiger partial charge in [0.05, 0.1) is 0 Å². The maximum absolute atomic E-state index is 11.7. The fraction of sp³-hybridized carbons (Fsp3) is 0.588. The number of carbonyl (C=O) groups excluding carboxylic acids is 1. The van der Waals surface area contributed by atoms with E-state index < -0.39 is 0 Å². The highest BCUT2D eigenvalue weighted by Gasteiger charge is 2.42. The first-order valence-corrected chi connectivity index (χ1v) is 8.02. The minimum Gasteiger partial charge on any atom is -0.324 e. The molecule has 2 saturated carbocycles. The Hall–Kier alpha value is -1.55. The van der Waals surface area contributed by atoms with Gasteiger partial charge in [-0.05, 0) is 54.2 Å². The van der Waals surface area contributed by atoms with E-state index in [4.69, 9.17) is 5.73 Å². The van der Waals surface area contributed by atoms with Crippen LogP contribution in [0.25, 0.3) is 0 Å². The Morgan fingerprint density at radius 1 is 1.33 bits per heavy atom. The molecule has 4 heteroatoms. The summed E-state index contributed by atoms with van der Waals surface area (Å²) in [5.41, 5.74) is 9.92. The van der Waals surface area contributed by atoms with Crippen LogP contribution in [-0.4, -0.2) is 18.0 Å². The van der Waals surface area contributed by atoms with Gasteiger partial charge in [-0.25, -0.2) is 4.79 Å². The van der Waals surface area contributed by atoms with Gasteiger partial charge in [0.25, 0.3) is 0 Å². The third-order valence-electron chi connectivity index (χ3n) is 5.76. The van der Waals surface area contributed by atoms with Crippen LogP contribution >= 0.6 is 0 Å². The number of nitrogens with two attached hydrogens (primary N) is 1. The number of nitrogens with one attached hydrogen (secondary N) is 1. The number of hydrogen-bond donors (Lipinski definition) is 2. The van der Waals surface area contributed by atoms with Crippen molar-refractivity contribution in [1.82, 2.24) is 4.90 Å². The first kappa shape index (κ1) is 13.1. The van der Waals surface area contributed by atoms with Crippen molar-refractivity contribution >= 4 is 11.7 Å². The number of carbonyl (C=O) groups is 1. The van der Waals surface area contributed by atoms with Crippen molar-refractivity contribution in [2.75, 3.05) is 12.4 Å². The minimum absolute atomic E-state index is 0.0346. The molecule has 4 atom stereocenters. The van der Waals surface area contributed by atoms with Crippen LogP contribution < -0.4 is 11.1 Å². The average Bonchev–Trinajstić information content (AvgIpc) is 3.10. The highest BCUT2D eigenvalue weighted by atomic mass is 16.2. The predicted octanol–water partition coefficient (Wildman–Crippen LogP) is 3.10. The molecule has 2 bridgehead atoms. The molecule has 0 radical (unpaired) electrons. The van der Waals surface area contributed by atoms with Crippen LogP contribution in [0.4, 0.5) is 10.5 Å². The second kappa shape index (κ2) is 4.73. The van der Waals surface area contributed by atoms with E-state index in [0.29, 0.717) is 12.5 Å². The Bertz CT molecular complexity index is 585. The lowest BCUT2D eigenvalue weighted by molar-refractivity contribution is 0.218. The topological polar surface area (TPSA) is 58.4 Å². The molecule has 4 nitrogen and oxygen atoms in total. The van der Waals surface area contributed by atoms with E-state index in [-0.39, 0.29) is 12.1 Å². The molecule has 1 aromatic carbocycles. The number of amides is 2. The molecule has 1 heterocycles. The molecule has 2 aliphatic carbocycles. The summed E-state index contributed by atoms with van der Waals surface area (Å²) < 4.78 is 0. The number of anilines is 1. The lowest BCUT2D eigenvalue weighted by Crippen LogP contribution is -2.35. The molecule has 112 valence electrons. The van der Waals surface area contributed by atoms with E-state index in [2.05, 4.69) is 17.4 Å². The van der Waals surface area contributed by atoms with Gasteiger partial charge in [-0.1, -0.05) is 18.6 Å². The van der Waals surface area contributed by atoms with E-state index in [0.717, 1.165) is 17.5 Å². The highest BCUT2D eigenvalue weighted by molar-refractivity contribution is 5.92. The quantitative estimate of drug-likeness (QED) is 0.877. The van der Waals surface area contributed by atoms with Crippen LogP contribution in [0, 0.1) is 17.8 Å². The zero-order valence-electron chi connectivity index (χ0n) is 12.5. The molecule has 3 aliphatic rings. The lowest BCUT2D eigenvalue weighted by Gasteiger charge is -2.30. The minimum atomic E-state index is -0.0346. The summed E-state index contributed by atoms with van der Waals surface area (Å²) in [6.07, 6.45) is 5.48. The summed E-state index contributed by atoms with van der Waals surface area (Å²) in [7, 11) is 1.82. The summed E-state index contributed by atoms with van der Waals surface area (Å²) in [6, 6.07) is 6.42. The van der Waals surface area contributed by atoms with Crippen molar-refractivity contribution in [1.29, 1.82) is 0 Å². The Labute approximate surface area is 125 Å². The molecule has 4 rings (SSSR count). The maximum atomic E-state index is 11.7. The molecular formula is C17H23N3O. The molecule has 4 unspecified atom stereocenters. The fourth-order valence-electron chi connectivity index (χ4n) is 4.59. The second-order valence-corrected chi connectivity index (χ2v) is 7.07. The van der Waals surface area contributed by atoms with Crippen molar-refractivity contribution in [2.45, 2.75) is 38.3 Å². The Morgan fingerprint density at radius 2 is 2.19 bits per heavy atom. The third kappa shape index (κ3) is 2.13. The van der Waals surface area contributed by atoms with Crippen LogP contribution in [0.15, 0.2) is 18.2 Å². The molecule has 2 amide bonds. The SMILES string of the molecule is CN1Cc2cc(C(N)C3CC4CCC3C4)ccc2NC1=O. The summed E-state index contributed by atoms with van der Waals surface area (Å²) in [6.45, 7) is 0.665. The predicted molar refractivity (Wildman–Crippen MR) is 82.8 cm³/mol. The maximum Gasteiger partial charge on any atom is 0.321 e. The Morgan fingerprint density at radius 3 is 2.90 bits per heavy atom. The number of rotatable bonds is 2. The van der Waals surface area contributed by atoms with Crippen molar-refractivity contribution < 1.29 is 4.79 Å². The van der Waals surface area contributed by atoms with E-state index in [1.807, 2.05) is 13.1 Å². The van der Waals surface area contributed by atoms with Crippen molar-refractivity contribution in [3.63, 3.8) is 0 Å². The van der Waals surface area contributed by atoms with E-state index in [1.54, 1.807) is 4.90 Å². The molecular weight excluding hydrogens is 262 g/mol. The van der Waals surface area contributed by atoms with Crippen molar-refractivity contribution in [3.8, 4) is 0 Å². The fourth-order valence-corrected chi connectivity index (χ4v) is 4.59. The smallest absolute Gasteiger partial charge is 0.321 e. The summed E-state index contributed by atoms with van der Waals surface area (Å²) in [5, 5.41) is 2.92. The van der Waals surface area contributed by atoms with Gasteiger partial charge in [-0.2, -0.15) is 0 Å². The van der Waals surface area contributed by atoms with Gasteiger partial charge in [0.1, 0.15) is 0 Å². The van der Waals surface area contributed by atoms with Gasteiger partial charge in [-0.3, -0.25) is 0 Å². The average molecular weight is 285 g/mol. The summed E-state index contributed by atoms with van der Waals surface area (Å²) in [4.78, 5) is 13.4. The van der Waals surface area contributed by atoms with Gasteiger partial charge in [0.15, 0.2) is 0 Å². The van der Waals surface area contributed by atoms with Crippen molar-refractivity contribution in [3.05, 3.63) is 29.3 Å². The van der Waals surface area contributed by atoms with Gasteiger partial charge < -0.3 is 16.0 Å².